The molecular weight excluding hydrogens is 262 g/mol. The third-order valence-corrected chi connectivity index (χ3v) is 3.76. The first-order chi connectivity index (χ1) is 9.42. The van der Waals surface area contributed by atoms with Gasteiger partial charge in [-0.05, 0) is 18.1 Å². The molecule has 1 unspecified atom stereocenters. The van der Waals surface area contributed by atoms with E-state index >= 15 is 0 Å². The van der Waals surface area contributed by atoms with Crippen molar-refractivity contribution in [1.29, 1.82) is 0 Å². The molecule has 0 aromatic rings. The van der Waals surface area contributed by atoms with Gasteiger partial charge in [-0.25, -0.2) is 0 Å². The van der Waals surface area contributed by atoms with Gasteiger partial charge in [-0.1, -0.05) is 25.7 Å². The highest BCUT2D eigenvalue weighted by Gasteiger charge is 2.64. The molecule has 6 heteroatoms. The molecule has 1 amide bonds. The van der Waals surface area contributed by atoms with Crippen LogP contribution in [0.5, 0.6) is 0 Å². The maximum atomic E-state index is 12.6. The third kappa shape index (κ3) is 1.62. The number of hydrogen-bond donors (Lipinski definition) is 2. The van der Waals surface area contributed by atoms with Crippen LogP contribution in [0, 0.1) is 5.41 Å². The number of allylic oxidation sites excluding steroid dienone is 2. The minimum Gasteiger partial charge on any atom is -0.385 e. The number of rotatable bonds is 2. The summed E-state index contributed by atoms with van der Waals surface area (Å²) in [7, 11) is 1.25. The lowest BCUT2D eigenvalue weighted by atomic mass is 9.67. The maximum absolute atomic E-state index is 12.6. The SMILES string of the molecule is C=C1[C@H](O)C2(C(=O)N1OC)/C(=C/CC)C=CC(=O)[C@@H]2O. The van der Waals surface area contributed by atoms with Crippen molar-refractivity contribution >= 4 is 11.7 Å². The number of hydroxylamine groups is 2. The molecule has 2 aliphatic rings. The summed E-state index contributed by atoms with van der Waals surface area (Å²) in [5, 5.41) is 21.5. The van der Waals surface area contributed by atoms with E-state index in [-0.39, 0.29) is 5.70 Å². The third-order valence-electron chi connectivity index (χ3n) is 3.76. The fourth-order valence-electron chi connectivity index (χ4n) is 2.78. The molecule has 108 valence electrons. The molecule has 0 aromatic heterocycles. The maximum Gasteiger partial charge on any atom is 0.267 e. The van der Waals surface area contributed by atoms with Gasteiger partial charge in [0.25, 0.3) is 5.91 Å². The summed E-state index contributed by atoms with van der Waals surface area (Å²) in [6.07, 6.45) is 1.85. The van der Waals surface area contributed by atoms with E-state index < -0.39 is 29.3 Å². The molecule has 6 nitrogen and oxygen atoms in total. The van der Waals surface area contributed by atoms with E-state index in [1.54, 1.807) is 6.08 Å². The molecule has 0 aromatic carbocycles. The smallest absolute Gasteiger partial charge is 0.267 e. The van der Waals surface area contributed by atoms with Gasteiger partial charge < -0.3 is 10.2 Å². The van der Waals surface area contributed by atoms with Gasteiger partial charge in [-0.2, -0.15) is 5.06 Å². The lowest BCUT2D eigenvalue weighted by molar-refractivity contribution is -0.171. The zero-order chi connectivity index (χ0) is 15.1. The molecule has 2 rings (SSSR count). The first-order valence-electron chi connectivity index (χ1n) is 6.29. The average molecular weight is 279 g/mol. The molecular formula is C14H17NO5. The predicted octanol–water partition coefficient (Wildman–Crippen LogP) is 0.0872. The van der Waals surface area contributed by atoms with Gasteiger partial charge in [0.15, 0.2) is 5.78 Å². The lowest BCUT2D eigenvalue weighted by Gasteiger charge is -2.36. The van der Waals surface area contributed by atoms with E-state index in [9.17, 15) is 19.8 Å². The van der Waals surface area contributed by atoms with Gasteiger partial charge in [0.05, 0.1) is 12.8 Å². The number of carbonyl (C=O) groups excluding carboxylic acids is 2. The molecule has 1 heterocycles. The van der Waals surface area contributed by atoms with Crippen molar-refractivity contribution in [3.8, 4) is 0 Å². The van der Waals surface area contributed by atoms with Crippen LogP contribution >= 0.6 is 0 Å². The number of carbonyl (C=O) groups is 2. The Kier molecular flexibility index (Phi) is 3.64. The van der Waals surface area contributed by atoms with E-state index in [2.05, 4.69) is 6.58 Å². The van der Waals surface area contributed by atoms with Gasteiger partial charge in [-0.3, -0.25) is 14.4 Å². The lowest BCUT2D eigenvalue weighted by Crippen LogP contribution is -2.54. The van der Waals surface area contributed by atoms with Crippen molar-refractivity contribution in [2.24, 2.45) is 5.41 Å². The molecule has 20 heavy (non-hydrogen) atoms. The number of aliphatic hydroxyl groups excluding tert-OH is 2. The summed E-state index contributed by atoms with van der Waals surface area (Å²) in [5.41, 5.74) is -1.37. The molecule has 1 aliphatic heterocycles. The van der Waals surface area contributed by atoms with Crippen LogP contribution in [0.3, 0.4) is 0 Å². The Morgan fingerprint density at radius 2 is 2.05 bits per heavy atom. The molecule has 1 spiro atoms. The van der Waals surface area contributed by atoms with Crippen LogP contribution < -0.4 is 0 Å². The average Bonchev–Trinajstić information content (AvgIpc) is 2.61. The summed E-state index contributed by atoms with van der Waals surface area (Å²) < 4.78 is 0. The fourth-order valence-corrected chi connectivity index (χ4v) is 2.78. The zero-order valence-corrected chi connectivity index (χ0v) is 11.4. The van der Waals surface area contributed by atoms with Crippen molar-refractivity contribution in [3.63, 3.8) is 0 Å². The monoisotopic (exact) mass is 279 g/mol. The Balaban J connectivity index is 2.68. The second-order valence-corrected chi connectivity index (χ2v) is 4.75. The number of nitrogens with zero attached hydrogens (tertiary/aromatic N) is 1. The summed E-state index contributed by atoms with van der Waals surface area (Å²) in [5.74, 6) is -1.32. The van der Waals surface area contributed by atoms with Crippen LogP contribution in [0.4, 0.5) is 0 Å². The number of hydrogen-bond acceptors (Lipinski definition) is 5. The highest BCUT2D eigenvalue weighted by molar-refractivity contribution is 6.05. The molecule has 0 radical (unpaired) electrons. The Hall–Kier alpha value is -1.76. The van der Waals surface area contributed by atoms with Gasteiger partial charge >= 0.3 is 0 Å². The number of amides is 1. The van der Waals surface area contributed by atoms with E-state index in [0.717, 1.165) is 5.06 Å². The van der Waals surface area contributed by atoms with Crippen LogP contribution in [-0.4, -0.2) is 46.3 Å². The molecule has 1 saturated heterocycles. The molecule has 0 saturated carbocycles. The fraction of sp³-hybridized carbons (Fsp3) is 0.429. The van der Waals surface area contributed by atoms with Crippen LogP contribution in [0.1, 0.15) is 13.3 Å². The van der Waals surface area contributed by atoms with E-state index in [1.165, 1.54) is 19.3 Å². The topological polar surface area (TPSA) is 87.1 Å². The van der Waals surface area contributed by atoms with Gasteiger partial charge in [0, 0.05) is 0 Å². The van der Waals surface area contributed by atoms with Crippen molar-refractivity contribution in [3.05, 3.63) is 36.1 Å². The van der Waals surface area contributed by atoms with Gasteiger partial charge in [0.2, 0.25) is 0 Å². The minimum absolute atomic E-state index is 0.00153. The van der Waals surface area contributed by atoms with Crippen LogP contribution in [0.2, 0.25) is 0 Å². The first kappa shape index (κ1) is 14.6. The van der Waals surface area contributed by atoms with E-state index in [1.807, 2.05) is 6.92 Å². The molecule has 1 fully saturated rings. The largest absolute Gasteiger partial charge is 0.385 e. The quantitative estimate of drug-likeness (QED) is 0.748. The summed E-state index contributed by atoms with van der Waals surface area (Å²) in [4.78, 5) is 29.2. The zero-order valence-electron chi connectivity index (χ0n) is 11.4. The van der Waals surface area contributed by atoms with Crippen molar-refractivity contribution < 1.29 is 24.6 Å². The Labute approximate surface area is 116 Å². The van der Waals surface area contributed by atoms with Crippen molar-refractivity contribution in [1.82, 2.24) is 5.06 Å². The molecule has 3 atom stereocenters. The Bertz CT molecular complexity index is 536. The van der Waals surface area contributed by atoms with Crippen molar-refractivity contribution in [2.75, 3.05) is 7.11 Å². The Morgan fingerprint density at radius 1 is 1.40 bits per heavy atom. The summed E-state index contributed by atoms with van der Waals surface area (Å²) >= 11 is 0. The standard InChI is InChI=1S/C14H17NO5/c1-4-5-9-6-7-10(16)12(18)14(9)11(17)8(2)15(20-3)13(14)19/h5-7,11-12,17-18H,2,4H2,1,3H3/b9-5+/t11-,12-,14?/m0/s1. The van der Waals surface area contributed by atoms with Gasteiger partial charge in [-0.15, -0.1) is 0 Å². The Morgan fingerprint density at radius 3 is 2.55 bits per heavy atom. The molecule has 0 bridgehead atoms. The van der Waals surface area contributed by atoms with Crippen LogP contribution in [0.15, 0.2) is 36.1 Å². The normalized spacial score (nSPS) is 35.7. The predicted molar refractivity (Wildman–Crippen MR) is 70.0 cm³/mol. The van der Waals surface area contributed by atoms with Crippen molar-refractivity contribution in [2.45, 2.75) is 25.6 Å². The second-order valence-electron chi connectivity index (χ2n) is 4.75. The highest BCUT2D eigenvalue weighted by Crippen LogP contribution is 2.49. The van der Waals surface area contributed by atoms with Crippen LogP contribution in [-0.2, 0) is 14.4 Å². The van der Waals surface area contributed by atoms with E-state index in [0.29, 0.717) is 12.0 Å². The number of aliphatic hydroxyl groups is 2. The molecule has 2 N–H and O–H groups in total. The minimum atomic E-state index is -1.77. The number of ketones is 1. The second kappa shape index (κ2) is 4.97. The highest BCUT2D eigenvalue weighted by atomic mass is 16.7. The van der Waals surface area contributed by atoms with Crippen LogP contribution in [0.25, 0.3) is 0 Å². The molecule has 1 aliphatic carbocycles. The summed E-state index contributed by atoms with van der Waals surface area (Å²) in [6, 6.07) is 0. The first-order valence-corrected chi connectivity index (χ1v) is 6.29. The van der Waals surface area contributed by atoms with Gasteiger partial charge in [0.1, 0.15) is 17.6 Å². The van der Waals surface area contributed by atoms with E-state index in [4.69, 9.17) is 4.84 Å². The summed E-state index contributed by atoms with van der Waals surface area (Å²) in [6.45, 7) is 5.45.